The van der Waals surface area contributed by atoms with Crippen molar-refractivity contribution in [2.45, 2.75) is 6.92 Å². The molecule has 0 unspecified atom stereocenters. The van der Waals surface area contributed by atoms with Crippen LogP contribution < -0.4 is 10.2 Å². The van der Waals surface area contributed by atoms with Gasteiger partial charge in [-0.1, -0.05) is 33.6 Å². The van der Waals surface area contributed by atoms with Crippen molar-refractivity contribution in [2.75, 3.05) is 36.5 Å². The molecule has 0 atom stereocenters. The van der Waals surface area contributed by atoms with E-state index < -0.39 is 0 Å². The standard InChI is InChI=1S/C20H18BrClN2O3/c1-12-14-11-13(21)5-6-17(14)27-19(12)20(25)23-16-4-2-3-15(22)18(16)24-7-9-26-10-8-24/h2-6,11H,7-10H2,1H3,(H,23,25). The molecule has 1 aliphatic heterocycles. The minimum absolute atomic E-state index is 0.295. The molecule has 0 aliphatic carbocycles. The van der Waals surface area contributed by atoms with Crippen LogP contribution in [-0.4, -0.2) is 32.2 Å². The van der Waals surface area contributed by atoms with E-state index in [0.29, 0.717) is 35.3 Å². The number of hydrogen-bond donors (Lipinski definition) is 1. The average molecular weight is 450 g/mol. The van der Waals surface area contributed by atoms with Crippen LogP contribution in [0.15, 0.2) is 45.3 Å². The molecule has 2 aromatic carbocycles. The molecule has 5 nitrogen and oxygen atoms in total. The molecule has 3 aromatic rings. The molecule has 0 saturated carbocycles. The fraction of sp³-hybridized carbons (Fsp3) is 0.250. The van der Waals surface area contributed by atoms with E-state index in [2.05, 4.69) is 26.1 Å². The van der Waals surface area contributed by atoms with Crippen molar-refractivity contribution in [3.8, 4) is 0 Å². The lowest BCUT2D eigenvalue weighted by atomic mass is 10.1. The molecule has 140 valence electrons. The Morgan fingerprint density at radius 1 is 1.22 bits per heavy atom. The Labute approximate surface area is 170 Å². The summed E-state index contributed by atoms with van der Waals surface area (Å²) in [5, 5.41) is 4.48. The summed E-state index contributed by atoms with van der Waals surface area (Å²) in [6, 6.07) is 11.2. The van der Waals surface area contributed by atoms with E-state index in [-0.39, 0.29) is 5.91 Å². The molecule has 1 aliphatic rings. The number of anilines is 2. The number of nitrogens with zero attached hydrogens (tertiary/aromatic N) is 1. The van der Waals surface area contributed by atoms with Crippen LogP contribution in [0.3, 0.4) is 0 Å². The Hall–Kier alpha value is -2.02. The predicted octanol–water partition coefficient (Wildman–Crippen LogP) is 5.25. The Morgan fingerprint density at radius 3 is 2.78 bits per heavy atom. The summed E-state index contributed by atoms with van der Waals surface area (Å²) in [7, 11) is 0. The van der Waals surface area contributed by atoms with Crippen LogP contribution in [-0.2, 0) is 4.74 Å². The molecular formula is C20H18BrClN2O3. The Morgan fingerprint density at radius 2 is 2.00 bits per heavy atom. The van der Waals surface area contributed by atoms with E-state index in [1.807, 2.05) is 43.3 Å². The summed E-state index contributed by atoms with van der Waals surface area (Å²) < 4.78 is 12.2. The normalized spacial score (nSPS) is 14.6. The maximum Gasteiger partial charge on any atom is 0.291 e. The highest BCUT2D eigenvalue weighted by molar-refractivity contribution is 9.10. The van der Waals surface area contributed by atoms with Gasteiger partial charge in [0.25, 0.3) is 5.91 Å². The minimum Gasteiger partial charge on any atom is -0.451 e. The van der Waals surface area contributed by atoms with E-state index in [0.717, 1.165) is 34.2 Å². The lowest BCUT2D eigenvalue weighted by Gasteiger charge is -2.31. The van der Waals surface area contributed by atoms with Crippen LogP contribution in [0.2, 0.25) is 5.02 Å². The van der Waals surface area contributed by atoms with Crippen LogP contribution in [0.4, 0.5) is 11.4 Å². The summed E-state index contributed by atoms with van der Waals surface area (Å²) in [6.45, 7) is 4.61. The molecule has 1 saturated heterocycles. The van der Waals surface area contributed by atoms with Crippen LogP contribution in [0.25, 0.3) is 11.0 Å². The van der Waals surface area contributed by atoms with Crippen molar-refractivity contribution in [3.63, 3.8) is 0 Å². The Balaban J connectivity index is 1.67. The first kappa shape index (κ1) is 18.3. The van der Waals surface area contributed by atoms with Gasteiger partial charge in [0.15, 0.2) is 5.76 Å². The van der Waals surface area contributed by atoms with Gasteiger partial charge in [-0.25, -0.2) is 0 Å². The van der Waals surface area contributed by atoms with Crippen molar-refractivity contribution in [1.29, 1.82) is 0 Å². The zero-order chi connectivity index (χ0) is 19.0. The number of halogens is 2. The first-order valence-corrected chi connectivity index (χ1v) is 9.83. The van der Waals surface area contributed by atoms with Crippen LogP contribution >= 0.6 is 27.5 Å². The highest BCUT2D eigenvalue weighted by Gasteiger charge is 2.22. The fourth-order valence-corrected chi connectivity index (χ4v) is 3.97. The number of carbonyl (C=O) groups excluding carboxylic acids is 1. The number of rotatable bonds is 3. The van der Waals surface area contributed by atoms with E-state index in [1.165, 1.54) is 0 Å². The zero-order valence-corrected chi connectivity index (χ0v) is 17.1. The molecule has 0 radical (unpaired) electrons. The molecule has 1 aromatic heterocycles. The third kappa shape index (κ3) is 3.57. The van der Waals surface area contributed by atoms with Crippen LogP contribution in [0, 0.1) is 6.92 Å². The van der Waals surface area contributed by atoms with Crippen molar-refractivity contribution in [3.05, 3.63) is 57.2 Å². The molecule has 0 bridgehead atoms. The molecule has 1 fully saturated rings. The van der Waals surface area contributed by atoms with Gasteiger partial charge in [-0.3, -0.25) is 4.79 Å². The lowest BCUT2D eigenvalue weighted by Crippen LogP contribution is -2.37. The third-order valence-corrected chi connectivity index (χ3v) is 5.47. The number of ether oxygens (including phenoxy) is 1. The molecule has 0 spiro atoms. The van der Waals surface area contributed by atoms with Crippen LogP contribution in [0.5, 0.6) is 0 Å². The molecule has 27 heavy (non-hydrogen) atoms. The number of amides is 1. The first-order valence-electron chi connectivity index (χ1n) is 8.66. The smallest absolute Gasteiger partial charge is 0.291 e. The predicted molar refractivity (Wildman–Crippen MR) is 111 cm³/mol. The van der Waals surface area contributed by atoms with E-state index >= 15 is 0 Å². The van der Waals surface area contributed by atoms with Gasteiger partial charge in [0.05, 0.1) is 29.6 Å². The van der Waals surface area contributed by atoms with Gasteiger partial charge in [0, 0.05) is 28.5 Å². The number of benzene rings is 2. The number of para-hydroxylation sites is 1. The Bertz CT molecular complexity index is 1010. The maximum absolute atomic E-state index is 12.9. The zero-order valence-electron chi connectivity index (χ0n) is 14.7. The van der Waals surface area contributed by atoms with Gasteiger partial charge in [0.2, 0.25) is 0 Å². The van der Waals surface area contributed by atoms with Gasteiger partial charge < -0.3 is 19.4 Å². The average Bonchev–Trinajstić information content (AvgIpc) is 2.99. The lowest BCUT2D eigenvalue weighted by molar-refractivity contribution is 0.0998. The summed E-state index contributed by atoms with van der Waals surface area (Å²) in [6.07, 6.45) is 0. The molecule has 1 N–H and O–H groups in total. The molecule has 4 rings (SSSR count). The minimum atomic E-state index is -0.295. The van der Waals surface area contributed by atoms with E-state index in [4.69, 9.17) is 20.8 Å². The van der Waals surface area contributed by atoms with E-state index in [9.17, 15) is 4.79 Å². The summed E-state index contributed by atoms with van der Waals surface area (Å²) >= 11 is 9.90. The maximum atomic E-state index is 12.9. The topological polar surface area (TPSA) is 54.7 Å². The second-order valence-corrected chi connectivity index (χ2v) is 7.71. The summed E-state index contributed by atoms with van der Waals surface area (Å²) in [5.41, 5.74) is 2.96. The monoisotopic (exact) mass is 448 g/mol. The fourth-order valence-electron chi connectivity index (χ4n) is 3.31. The van der Waals surface area contributed by atoms with Crippen molar-refractivity contribution >= 4 is 55.8 Å². The first-order chi connectivity index (χ1) is 13.0. The highest BCUT2D eigenvalue weighted by Crippen LogP contribution is 2.35. The molecular weight excluding hydrogens is 432 g/mol. The number of fused-ring (bicyclic) bond motifs is 1. The van der Waals surface area contributed by atoms with Gasteiger partial charge in [0.1, 0.15) is 5.58 Å². The molecule has 2 heterocycles. The SMILES string of the molecule is Cc1c(C(=O)Nc2cccc(Cl)c2N2CCOCC2)oc2ccc(Br)cc12. The van der Waals surface area contributed by atoms with Gasteiger partial charge in [-0.15, -0.1) is 0 Å². The number of hydrogen-bond acceptors (Lipinski definition) is 4. The van der Waals surface area contributed by atoms with E-state index in [1.54, 1.807) is 0 Å². The highest BCUT2D eigenvalue weighted by atomic mass is 79.9. The van der Waals surface area contributed by atoms with Gasteiger partial charge in [-0.05, 0) is 37.3 Å². The van der Waals surface area contributed by atoms with Crippen molar-refractivity contribution in [1.82, 2.24) is 0 Å². The summed E-state index contributed by atoms with van der Waals surface area (Å²) in [5.74, 6) is 0.00704. The largest absolute Gasteiger partial charge is 0.451 e. The molecule has 7 heteroatoms. The van der Waals surface area contributed by atoms with Crippen molar-refractivity contribution < 1.29 is 13.9 Å². The quantitative estimate of drug-likeness (QED) is 0.594. The molecule has 1 amide bonds. The van der Waals surface area contributed by atoms with Gasteiger partial charge in [-0.2, -0.15) is 0 Å². The number of carbonyl (C=O) groups is 1. The van der Waals surface area contributed by atoms with Gasteiger partial charge >= 0.3 is 0 Å². The van der Waals surface area contributed by atoms with Crippen LogP contribution in [0.1, 0.15) is 16.1 Å². The third-order valence-electron chi connectivity index (χ3n) is 4.67. The number of furan rings is 1. The number of nitrogens with one attached hydrogen (secondary N) is 1. The number of morpholine rings is 1. The number of aryl methyl sites for hydroxylation is 1. The Kier molecular flexibility index (Phi) is 5.12. The van der Waals surface area contributed by atoms with Crippen molar-refractivity contribution in [2.24, 2.45) is 0 Å². The summed E-state index contributed by atoms with van der Waals surface area (Å²) in [4.78, 5) is 15.1. The second kappa shape index (κ2) is 7.54. The second-order valence-electron chi connectivity index (χ2n) is 6.39.